The van der Waals surface area contributed by atoms with Gasteiger partial charge in [0.2, 0.25) is 5.95 Å². The fourth-order valence-electron chi connectivity index (χ4n) is 2.38. The lowest BCUT2D eigenvalue weighted by Crippen LogP contribution is -2.22. The molecule has 0 saturated heterocycles. The van der Waals surface area contributed by atoms with Crippen molar-refractivity contribution in [2.45, 2.75) is 6.42 Å². The number of pyridine rings is 1. The standard InChI is InChI=1S/C19H18N6/c1-25(13-9-15-6-10-21-11-7-15)19-22-12-8-18(24-19)23-17-5-3-2-4-16(17)14-20/h2-8,10-12H,9,13H2,1H3,(H,22,23,24). The van der Waals surface area contributed by atoms with E-state index in [0.717, 1.165) is 18.7 Å². The van der Waals surface area contributed by atoms with E-state index >= 15 is 0 Å². The minimum Gasteiger partial charge on any atom is -0.343 e. The molecule has 25 heavy (non-hydrogen) atoms. The molecule has 124 valence electrons. The van der Waals surface area contributed by atoms with Crippen LogP contribution in [0.25, 0.3) is 0 Å². The summed E-state index contributed by atoms with van der Waals surface area (Å²) in [6.07, 6.45) is 6.19. The van der Waals surface area contributed by atoms with Crippen LogP contribution in [0.1, 0.15) is 11.1 Å². The number of hydrogen-bond acceptors (Lipinski definition) is 6. The van der Waals surface area contributed by atoms with Gasteiger partial charge in [0.25, 0.3) is 0 Å². The normalized spacial score (nSPS) is 10.1. The van der Waals surface area contributed by atoms with Crippen LogP contribution in [0.2, 0.25) is 0 Å². The summed E-state index contributed by atoms with van der Waals surface area (Å²) in [6, 6.07) is 15.3. The lowest BCUT2D eigenvalue weighted by Gasteiger charge is -2.17. The zero-order valence-corrected chi connectivity index (χ0v) is 13.9. The topological polar surface area (TPSA) is 77.7 Å². The van der Waals surface area contributed by atoms with Gasteiger partial charge in [0, 0.05) is 32.2 Å². The maximum Gasteiger partial charge on any atom is 0.227 e. The second-order valence-corrected chi connectivity index (χ2v) is 5.55. The number of nitriles is 1. The second kappa shape index (κ2) is 7.88. The van der Waals surface area contributed by atoms with Gasteiger partial charge in [-0.15, -0.1) is 0 Å². The molecule has 6 nitrogen and oxygen atoms in total. The molecule has 3 rings (SSSR count). The van der Waals surface area contributed by atoms with Crippen molar-refractivity contribution in [3.05, 3.63) is 72.2 Å². The van der Waals surface area contributed by atoms with Crippen molar-refractivity contribution in [3.8, 4) is 6.07 Å². The summed E-state index contributed by atoms with van der Waals surface area (Å²) in [5, 5.41) is 12.4. The van der Waals surface area contributed by atoms with Gasteiger partial charge >= 0.3 is 0 Å². The number of para-hydroxylation sites is 1. The van der Waals surface area contributed by atoms with E-state index in [9.17, 15) is 5.26 Å². The Hall–Kier alpha value is -3.46. The third-order valence-corrected chi connectivity index (χ3v) is 3.78. The van der Waals surface area contributed by atoms with Crippen LogP contribution in [-0.4, -0.2) is 28.5 Å². The Morgan fingerprint density at radius 3 is 2.68 bits per heavy atom. The molecule has 0 fully saturated rings. The highest BCUT2D eigenvalue weighted by molar-refractivity contribution is 5.64. The number of likely N-dealkylation sites (N-methyl/N-ethyl adjacent to an activating group) is 1. The van der Waals surface area contributed by atoms with Crippen molar-refractivity contribution in [2.75, 3.05) is 23.8 Å². The Kier molecular flexibility index (Phi) is 5.17. The summed E-state index contributed by atoms with van der Waals surface area (Å²) in [5.74, 6) is 1.29. The van der Waals surface area contributed by atoms with E-state index in [4.69, 9.17) is 0 Å². The predicted molar refractivity (Wildman–Crippen MR) is 97.7 cm³/mol. The Labute approximate surface area is 146 Å². The monoisotopic (exact) mass is 330 g/mol. The van der Waals surface area contributed by atoms with Crippen molar-refractivity contribution in [3.63, 3.8) is 0 Å². The van der Waals surface area contributed by atoms with E-state index < -0.39 is 0 Å². The van der Waals surface area contributed by atoms with Crippen LogP contribution in [0.5, 0.6) is 0 Å². The van der Waals surface area contributed by atoms with Crippen LogP contribution < -0.4 is 10.2 Å². The van der Waals surface area contributed by atoms with E-state index in [1.54, 1.807) is 30.7 Å². The number of aromatic nitrogens is 3. The van der Waals surface area contributed by atoms with Gasteiger partial charge in [-0.2, -0.15) is 10.2 Å². The van der Waals surface area contributed by atoms with E-state index in [1.165, 1.54) is 5.56 Å². The quantitative estimate of drug-likeness (QED) is 0.748. The molecule has 3 aromatic rings. The third kappa shape index (κ3) is 4.30. The van der Waals surface area contributed by atoms with E-state index in [1.807, 2.05) is 42.3 Å². The van der Waals surface area contributed by atoms with Crippen molar-refractivity contribution in [1.29, 1.82) is 5.26 Å². The Bertz CT molecular complexity index is 872. The number of nitrogens with one attached hydrogen (secondary N) is 1. The largest absolute Gasteiger partial charge is 0.343 e. The van der Waals surface area contributed by atoms with Gasteiger partial charge in [0.15, 0.2) is 0 Å². The highest BCUT2D eigenvalue weighted by Crippen LogP contribution is 2.19. The van der Waals surface area contributed by atoms with Gasteiger partial charge in [-0.05, 0) is 42.3 Å². The van der Waals surface area contributed by atoms with Crippen molar-refractivity contribution >= 4 is 17.5 Å². The van der Waals surface area contributed by atoms with Gasteiger partial charge < -0.3 is 10.2 Å². The molecule has 0 unspecified atom stereocenters. The van der Waals surface area contributed by atoms with Crippen LogP contribution in [-0.2, 0) is 6.42 Å². The van der Waals surface area contributed by atoms with E-state index in [-0.39, 0.29) is 0 Å². The lowest BCUT2D eigenvalue weighted by molar-refractivity contribution is 0.837. The summed E-state index contributed by atoms with van der Waals surface area (Å²) in [4.78, 5) is 14.9. The molecule has 0 bridgehead atoms. The average Bonchev–Trinajstić information content (AvgIpc) is 2.67. The van der Waals surface area contributed by atoms with Gasteiger partial charge in [-0.25, -0.2) is 4.98 Å². The van der Waals surface area contributed by atoms with E-state index in [0.29, 0.717) is 17.3 Å². The lowest BCUT2D eigenvalue weighted by atomic mass is 10.2. The summed E-state index contributed by atoms with van der Waals surface area (Å²) >= 11 is 0. The molecule has 1 aromatic carbocycles. The molecule has 2 heterocycles. The number of benzene rings is 1. The molecule has 0 amide bonds. The third-order valence-electron chi connectivity index (χ3n) is 3.78. The molecule has 0 aliphatic rings. The van der Waals surface area contributed by atoms with Crippen molar-refractivity contribution < 1.29 is 0 Å². The second-order valence-electron chi connectivity index (χ2n) is 5.55. The van der Waals surface area contributed by atoms with Crippen LogP contribution in [0.3, 0.4) is 0 Å². The summed E-state index contributed by atoms with van der Waals surface area (Å²) in [7, 11) is 1.96. The van der Waals surface area contributed by atoms with Gasteiger partial charge in [-0.1, -0.05) is 12.1 Å². The first-order valence-corrected chi connectivity index (χ1v) is 7.95. The minimum atomic E-state index is 0.578. The first-order valence-electron chi connectivity index (χ1n) is 7.95. The molecular formula is C19H18N6. The zero-order valence-electron chi connectivity index (χ0n) is 13.9. The Morgan fingerprint density at radius 2 is 1.88 bits per heavy atom. The van der Waals surface area contributed by atoms with Crippen LogP contribution in [0, 0.1) is 11.3 Å². The molecular weight excluding hydrogens is 312 g/mol. The summed E-state index contributed by atoms with van der Waals surface area (Å²) in [6.45, 7) is 0.794. The molecule has 0 aliphatic carbocycles. The van der Waals surface area contributed by atoms with Crippen LogP contribution in [0.15, 0.2) is 61.1 Å². The number of nitrogens with zero attached hydrogens (tertiary/aromatic N) is 5. The fraction of sp³-hybridized carbons (Fsp3) is 0.158. The number of rotatable bonds is 6. The van der Waals surface area contributed by atoms with E-state index in [2.05, 4.69) is 26.3 Å². The smallest absolute Gasteiger partial charge is 0.227 e. The highest BCUT2D eigenvalue weighted by Gasteiger charge is 2.07. The van der Waals surface area contributed by atoms with Gasteiger partial charge in [0.05, 0.1) is 11.3 Å². The van der Waals surface area contributed by atoms with Gasteiger partial charge in [-0.3, -0.25) is 4.98 Å². The Balaban J connectivity index is 1.69. The Morgan fingerprint density at radius 1 is 1.08 bits per heavy atom. The SMILES string of the molecule is CN(CCc1ccncc1)c1nccc(Nc2ccccc2C#N)n1. The average molecular weight is 330 g/mol. The molecule has 0 saturated carbocycles. The molecule has 2 aromatic heterocycles. The molecule has 0 atom stereocenters. The van der Waals surface area contributed by atoms with Crippen LogP contribution in [0.4, 0.5) is 17.5 Å². The summed E-state index contributed by atoms with van der Waals surface area (Å²) < 4.78 is 0. The maximum absolute atomic E-state index is 9.18. The maximum atomic E-state index is 9.18. The minimum absolute atomic E-state index is 0.578. The molecule has 6 heteroatoms. The number of anilines is 3. The first-order chi connectivity index (χ1) is 12.3. The first kappa shape index (κ1) is 16.4. The summed E-state index contributed by atoms with van der Waals surface area (Å²) in [5.41, 5.74) is 2.53. The fourth-order valence-corrected chi connectivity index (χ4v) is 2.38. The molecule has 0 spiro atoms. The van der Waals surface area contributed by atoms with Gasteiger partial charge in [0.1, 0.15) is 11.9 Å². The van der Waals surface area contributed by atoms with Crippen LogP contribution >= 0.6 is 0 Å². The zero-order chi connectivity index (χ0) is 17.5. The molecule has 0 radical (unpaired) electrons. The number of hydrogen-bond donors (Lipinski definition) is 1. The molecule has 1 N–H and O–H groups in total. The molecule has 0 aliphatic heterocycles. The predicted octanol–water partition coefficient (Wildman–Crippen LogP) is 3.17. The van der Waals surface area contributed by atoms with Crippen molar-refractivity contribution in [1.82, 2.24) is 15.0 Å². The van der Waals surface area contributed by atoms with Crippen molar-refractivity contribution in [2.24, 2.45) is 0 Å². The highest BCUT2D eigenvalue weighted by atomic mass is 15.2.